The Kier molecular flexibility index (Phi) is 4.58. The second kappa shape index (κ2) is 7.02. The summed E-state index contributed by atoms with van der Waals surface area (Å²) in [5, 5.41) is 1.23. The smallest absolute Gasteiger partial charge is 0.137 e. The van der Waals surface area contributed by atoms with Gasteiger partial charge in [0.1, 0.15) is 18.0 Å². The van der Waals surface area contributed by atoms with Gasteiger partial charge in [-0.2, -0.15) is 0 Å². The lowest BCUT2D eigenvalue weighted by molar-refractivity contribution is 0.304. The van der Waals surface area contributed by atoms with E-state index in [9.17, 15) is 0 Å². The number of aromatic nitrogens is 2. The number of hydrogen-bond acceptors (Lipinski definition) is 2. The van der Waals surface area contributed by atoms with Gasteiger partial charge in [-0.15, -0.1) is 0 Å². The first-order chi connectivity index (χ1) is 12.6. The van der Waals surface area contributed by atoms with Crippen LogP contribution in [0.15, 0.2) is 67.0 Å². The molecule has 130 valence electrons. The summed E-state index contributed by atoms with van der Waals surface area (Å²) >= 11 is 12.1. The minimum atomic E-state index is 0.393. The molecule has 0 saturated carbocycles. The van der Waals surface area contributed by atoms with Crippen LogP contribution < -0.4 is 4.74 Å². The molecule has 0 fully saturated rings. The van der Waals surface area contributed by atoms with Gasteiger partial charge in [-0.3, -0.25) is 0 Å². The van der Waals surface area contributed by atoms with Crippen LogP contribution in [0.25, 0.3) is 16.9 Å². The lowest BCUT2D eigenvalue weighted by Crippen LogP contribution is -1.98. The van der Waals surface area contributed by atoms with Crippen molar-refractivity contribution in [2.45, 2.75) is 13.5 Å². The SMILES string of the molecule is Cc1cc(-c2cn3ccccc3n2)ccc1OCc1ccc(Cl)cc1Cl. The van der Waals surface area contributed by atoms with Crippen molar-refractivity contribution in [3.8, 4) is 17.0 Å². The molecule has 0 spiro atoms. The topological polar surface area (TPSA) is 26.5 Å². The van der Waals surface area contributed by atoms with Crippen LogP contribution in [0.5, 0.6) is 5.75 Å². The summed E-state index contributed by atoms with van der Waals surface area (Å²) in [6, 6.07) is 17.5. The van der Waals surface area contributed by atoms with Crippen molar-refractivity contribution >= 4 is 28.8 Å². The fourth-order valence-electron chi connectivity index (χ4n) is 2.84. The van der Waals surface area contributed by atoms with Crippen molar-refractivity contribution in [1.82, 2.24) is 9.38 Å². The van der Waals surface area contributed by atoms with E-state index in [1.54, 1.807) is 6.07 Å². The van der Waals surface area contributed by atoms with E-state index in [0.29, 0.717) is 16.7 Å². The molecule has 2 aromatic heterocycles. The van der Waals surface area contributed by atoms with Gasteiger partial charge in [-0.05, 0) is 55.0 Å². The summed E-state index contributed by atoms with van der Waals surface area (Å²) in [6.45, 7) is 2.42. The Balaban J connectivity index is 1.55. The molecule has 0 unspecified atom stereocenters. The molecule has 0 bridgehead atoms. The number of halogens is 2. The van der Waals surface area contributed by atoms with Gasteiger partial charge in [0.05, 0.1) is 5.69 Å². The standard InChI is InChI=1S/C21H16Cl2N2O/c1-14-10-15(19-12-25-9-3-2-4-21(25)24-19)6-8-20(14)26-13-16-5-7-17(22)11-18(16)23/h2-12H,13H2,1H3. The third kappa shape index (κ3) is 3.41. The summed E-state index contributed by atoms with van der Waals surface area (Å²) in [5.74, 6) is 0.823. The molecule has 3 nitrogen and oxygen atoms in total. The van der Waals surface area contributed by atoms with Gasteiger partial charge in [-0.1, -0.05) is 35.3 Å². The van der Waals surface area contributed by atoms with E-state index in [4.69, 9.17) is 27.9 Å². The van der Waals surface area contributed by atoms with Gasteiger partial charge in [-0.25, -0.2) is 4.98 Å². The molecule has 0 radical (unpaired) electrons. The van der Waals surface area contributed by atoms with Crippen molar-refractivity contribution in [1.29, 1.82) is 0 Å². The Morgan fingerprint density at radius 3 is 2.69 bits per heavy atom. The first kappa shape index (κ1) is 17.0. The first-order valence-corrected chi connectivity index (χ1v) is 8.97. The van der Waals surface area contributed by atoms with E-state index in [1.165, 1.54) is 0 Å². The summed E-state index contributed by atoms with van der Waals surface area (Å²) in [4.78, 5) is 4.66. The van der Waals surface area contributed by atoms with Crippen molar-refractivity contribution in [3.63, 3.8) is 0 Å². The van der Waals surface area contributed by atoms with Crippen molar-refractivity contribution < 1.29 is 4.74 Å². The maximum Gasteiger partial charge on any atom is 0.137 e. The molecule has 0 aliphatic heterocycles. The Bertz CT molecular complexity index is 1060. The zero-order valence-electron chi connectivity index (χ0n) is 14.1. The van der Waals surface area contributed by atoms with Crippen LogP contribution in [0, 0.1) is 6.92 Å². The molecule has 0 aliphatic rings. The number of imidazole rings is 1. The summed E-state index contributed by atoms with van der Waals surface area (Å²) in [5.41, 5.74) is 4.87. The van der Waals surface area contributed by atoms with E-state index in [1.807, 2.05) is 66.2 Å². The van der Waals surface area contributed by atoms with Crippen LogP contribution in [-0.2, 0) is 6.61 Å². The lowest BCUT2D eigenvalue weighted by Gasteiger charge is -2.11. The average molecular weight is 383 g/mol. The second-order valence-corrected chi connectivity index (χ2v) is 6.94. The van der Waals surface area contributed by atoms with Crippen LogP contribution >= 0.6 is 23.2 Å². The Hall–Kier alpha value is -2.49. The molecule has 2 heterocycles. The minimum absolute atomic E-state index is 0.393. The van der Waals surface area contributed by atoms with Gasteiger partial charge < -0.3 is 9.14 Å². The van der Waals surface area contributed by atoms with E-state index in [2.05, 4.69) is 11.1 Å². The molecule has 0 atom stereocenters. The Morgan fingerprint density at radius 1 is 1.04 bits per heavy atom. The quantitative estimate of drug-likeness (QED) is 0.420. The van der Waals surface area contributed by atoms with Gasteiger partial charge >= 0.3 is 0 Å². The number of rotatable bonds is 4. The Morgan fingerprint density at radius 2 is 1.92 bits per heavy atom. The van der Waals surface area contributed by atoms with Crippen LogP contribution in [0.2, 0.25) is 10.0 Å². The monoisotopic (exact) mass is 382 g/mol. The number of benzene rings is 2. The molecule has 0 amide bonds. The van der Waals surface area contributed by atoms with Gasteiger partial charge in [0, 0.05) is 33.6 Å². The molecule has 0 N–H and O–H groups in total. The summed E-state index contributed by atoms with van der Waals surface area (Å²) in [6.07, 6.45) is 4.02. The van der Waals surface area contributed by atoms with Crippen molar-refractivity contribution in [2.24, 2.45) is 0 Å². The summed E-state index contributed by atoms with van der Waals surface area (Å²) < 4.78 is 7.95. The van der Waals surface area contributed by atoms with Gasteiger partial charge in [0.25, 0.3) is 0 Å². The Labute approximate surface area is 161 Å². The number of pyridine rings is 1. The number of hydrogen-bond donors (Lipinski definition) is 0. The summed E-state index contributed by atoms with van der Waals surface area (Å²) in [7, 11) is 0. The highest BCUT2D eigenvalue weighted by Gasteiger charge is 2.08. The molecule has 5 heteroatoms. The number of nitrogens with zero attached hydrogens (tertiary/aromatic N) is 2. The molecular formula is C21H16Cl2N2O. The molecular weight excluding hydrogens is 367 g/mol. The maximum absolute atomic E-state index is 6.20. The van der Waals surface area contributed by atoms with E-state index < -0.39 is 0 Å². The minimum Gasteiger partial charge on any atom is -0.489 e. The largest absolute Gasteiger partial charge is 0.489 e. The van der Waals surface area contributed by atoms with Crippen molar-refractivity contribution in [2.75, 3.05) is 0 Å². The van der Waals surface area contributed by atoms with E-state index >= 15 is 0 Å². The molecule has 4 rings (SSSR count). The first-order valence-electron chi connectivity index (χ1n) is 8.21. The molecule has 4 aromatic rings. The third-order valence-electron chi connectivity index (χ3n) is 4.23. The zero-order valence-corrected chi connectivity index (χ0v) is 15.6. The highest BCUT2D eigenvalue weighted by atomic mass is 35.5. The predicted octanol–water partition coefficient (Wildman–Crippen LogP) is 6.20. The van der Waals surface area contributed by atoms with E-state index in [-0.39, 0.29) is 0 Å². The van der Waals surface area contributed by atoms with Crippen molar-refractivity contribution in [3.05, 3.63) is 88.2 Å². The van der Waals surface area contributed by atoms with Crippen LogP contribution in [0.4, 0.5) is 0 Å². The number of aryl methyl sites for hydroxylation is 1. The fraction of sp³-hybridized carbons (Fsp3) is 0.0952. The molecule has 0 saturated heterocycles. The van der Waals surface area contributed by atoms with Crippen LogP contribution in [0.3, 0.4) is 0 Å². The highest BCUT2D eigenvalue weighted by Crippen LogP contribution is 2.28. The normalized spacial score (nSPS) is 11.0. The van der Waals surface area contributed by atoms with Gasteiger partial charge in [0.15, 0.2) is 0 Å². The maximum atomic E-state index is 6.20. The fourth-order valence-corrected chi connectivity index (χ4v) is 3.30. The number of fused-ring (bicyclic) bond motifs is 1. The van der Waals surface area contributed by atoms with Crippen LogP contribution in [-0.4, -0.2) is 9.38 Å². The molecule has 26 heavy (non-hydrogen) atoms. The average Bonchev–Trinajstić information content (AvgIpc) is 3.06. The second-order valence-electron chi connectivity index (χ2n) is 6.10. The molecule has 0 aliphatic carbocycles. The van der Waals surface area contributed by atoms with E-state index in [0.717, 1.165) is 33.8 Å². The third-order valence-corrected chi connectivity index (χ3v) is 4.82. The highest BCUT2D eigenvalue weighted by molar-refractivity contribution is 6.35. The van der Waals surface area contributed by atoms with Gasteiger partial charge in [0.2, 0.25) is 0 Å². The molecule has 2 aromatic carbocycles. The lowest BCUT2D eigenvalue weighted by atomic mass is 10.1. The zero-order chi connectivity index (χ0) is 18.1. The predicted molar refractivity (Wildman–Crippen MR) is 106 cm³/mol. The number of ether oxygens (including phenoxy) is 1. The van der Waals surface area contributed by atoms with Crippen LogP contribution in [0.1, 0.15) is 11.1 Å².